The van der Waals surface area contributed by atoms with Crippen LogP contribution in [-0.4, -0.2) is 88.3 Å². The Labute approximate surface area is 187 Å². The van der Waals surface area contributed by atoms with E-state index >= 15 is 0 Å². The maximum atomic E-state index is 12.6. The molecule has 8 nitrogen and oxygen atoms in total. The molecule has 3 atom stereocenters. The van der Waals surface area contributed by atoms with E-state index in [4.69, 9.17) is 16.3 Å². The maximum Gasteiger partial charge on any atom is 0.233 e. The number of morpholine rings is 1. The van der Waals surface area contributed by atoms with E-state index in [1.807, 2.05) is 37.5 Å². The van der Waals surface area contributed by atoms with Crippen molar-refractivity contribution in [3.63, 3.8) is 0 Å². The van der Waals surface area contributed by atoms with Gasteiger partial charge in [0, 0.05) is 51.3 Å². The summed E-state index contributed by atoms with van der Waals surface area (Å²) in [6, 6.07) is 1.84. The van der Waals surface area contributed by atoms with E-state index in [2.05, 4.69) is 14.9 Å². The van der Waals surface area contributed by atoms with Crippen LogP contribution in [0, 0.1) is 0 Å². The molecule has 2 amide bonds. The third kappa shape index (κ3) is 5.76. The van der Waals surface area contributed by atoms with Gasteiger partial charge in [-0.3, -0.25) is 9.59 Å². The van der Waals surface area contributed by atoms with Crippen LogP contribution >= 0.6 is 23.4 Å². The number of carbonyl (C=O) groups is 2. The molecule has 2 aliphatic heterocycles. The predicted molar refractivity (Wildman–Crippen MR) is 118 cm³/mol. The zero-order chi connectivity index (χ0) is 21.8. The summed E-state index contributed by atoms with van der Waals surface area (Å²) in [4.78, 5) is 39.5. The second kappa shape index (κ2) is 10.2. The molecule has 166 valence electrons. The predicted octanol–water partition coefficient (Wildman–Crippen LogP) is 2.30. The molecule has 10 heteroatoms. The van der Waals surface area contributed by atoms with Gasteiger partial charge in [0.1, 0.15) is 11.0 Å². The summed E-state index contributed by atoms with van der Waals surface area (Å²) in [6.07, 6.45) is 0.591. The standard InChI is InChI=1S/C20H30ClN5O3S/c1-5-18(27)26-7-6-24(9-13(26)2)17-8-16(21)22-20(23-17)30-12-19(28)25-10-14(3)29-15(4)11-25/h8,13-15H,5-7,9-12H2,1-4H3. The summed E-state index contributed by atoms with van der Waals surface area (Å²) in [6.45, 7) is 11.1. The lowest BCUT2D eigenvalue weighted by molar-refractivity contribution is -0.140. The van der Waals surface area contributed by atoms with Gasteiger partial charge in [0.25, 0.3) is 0 Å². The first-order chi connectivity index (χ1) is 14.3. The molecule has 3 unspecified atom stereocenters. The van der Waals surface area contributed by atoms with Crippen molar-refractivity contribution in [2.24, 2.45) is 0 Å². The van der Waals surface area contributed by atoms with Gasteiger partial charge < -0.3 is 19.4 Å². The van der Waals surface area contributed by atoms with E-state index in [-0.39, 0.29) is 35.8 Å². The van der Waals surface area contributed by atoms with Crippen LogP contribution in [0.5, 0.6) is 0 Å². The van der Waals surface area contributed by atoms with E-state index in [0.29, 0.717) is 49.5 Å². The molecule has 2 saturated heterocycles. The van der Waals surface area contributed by atoms with Crippen LogP contribution in [-0.2, 0) is 14.3 Å². The van der Waals surface area contributed by atoms with Gasteiger partial charge in [0.2, 0.25) is 11.8 Å². The normalized spacial score (nSPS) is 24.8. The number of hydrogen-bond acceptors (Lipinski definition) is 7. The van der Waals surface area contributed by atoms with Crippen LogP contribution in [0.3, 0.4) is 0 Å². The van der Waals surface area contributed by atoms with Gasteiger partial charge in [-0.15, -0.1) is 0 Å². The molecular formula is C20H30ClN5O3S. The second-order valence-electron chi connectivity index (χ2n) is 7.91. The Morgan fingerprint density at radius 3 is 2.47 bits per heavy atom. The quantitative estimate of drug-likeness (QED) is 0.383. The number of hydrogen-bond donors (Lipinski definition) is 0. The zero-order valence-corrected chi connectivity index (χ0v) is 19.6. The number of halogens is 1. The molecule has 0 aliphatic carbocycles. The first-order valence-corrected chi connectivity index (χ1v) is 11.8. The van der Waals surface area contributed by atoms with Crippen molar-refractivity contribution >= 4 is 41.0 Å². The van der Waals surface area contributed by atoms with Crippen LogP contribution in [0.4, 0.5) is 5.82 Å². The lowest BCUT2D eigenvalue weighted by Crippen LogP contribution is -2.54. The minimum atomic E-state index is 0.0389. The second-order valence-corrected chi connectivity index (χ2v) is 9.24. The minimum absolute atomic E-state index is 0.0389. The van der Waals surface area contributed by atoms with Gasteiger partial charge in [-0.2, -0.15) is 0 Å². The summed E-state index contributed by atoms with van der Waals surface area (Å²) >= 11 is 7.54. The molecule has 1 aromatic rings. The van der Waals surface area contributed by atoms with Crippen molar-refractivity contribution in [3.05, 3.63) is 11.2 Å². The highest BCUT2D eigenvalue weighted by atomic mass is 35.5. The molecule has 0 radical (unpaired) electrons. The highest BCUT2D eigenvalue weighted by Gasteiger charge is 2.28. The van der Waals surface area contributed by atoms with E-state index in [0.717, 1.165) is 5.82 Å². The van der Waals surface area contributed by atoms with Gasteiger partial charge in [0.05, 0.1) is 18.0 Å². The summed E-state index contributed by atoms with van der Waals surface area (Å²) < 4.78 is 5.69. The van der Waals surface area contributed by atoms with Crippen molar-refractivity contribution in [3.8, 4) is 0 Å². The number of ether oxygens (including phenoxy) is 1. The number of nitrogens with zero attached hydrogens (tertiary/aromatic N) is 5. The van der Waals surface area contributed by atoms with Gasteiger partial charge in [-0.1, -0.05) is 30.3 Å². The van der Waals surface area contributed by atoms with Crippen LogP contribution in [0.2, 0.25) is 5.15 Å². The molecular weight excluding hydrogens is 426 g/mol. The maximum absolute atomic E-state index is 12.6. The summed E-state index contributed by atoms with van der Waals surface area (Å²) in [5.41, 5.74) is 0. The fourth-order valence-corrected chi connectivity index (χ4v) is 4.93. The van der Waals surface area contributed by atoms with Crippen LogP contribution in [0.25, 0.3) is 0 Å². The Morgan fingerprint density at radius 2 is 1.83 bits per heavy atom. The van der Waals surface area contributed by atoms with E-state index in [1.165, 1.54) is 11.8 Å². The molecule has 2 fully saturated rings. The Hall–Kier alpha value is -1.58. The van der Waals surface area contributed by atoms with Crippen molar-refractivity contribution in [1.29, 1.82) is 0 Å². The topological polar surface area (TPSA) is 78.9 Å². The molecule has 0 spiro atoms. The number of anilines is 1. The molecule has 0 bridgehead atoms. The van der Waals surface area contributed by atoms with Gasteiger partial charge in [-0.05, 0) is 20.8 Å². The largest absolute Gasteiger partial charge is 0.372 e. The van der Waals surface area contributed by atoms with Gasteiger partial charge >= 0.3 is 0 Å². The van der Waals surface area contributed by atoms with Crippen molar-refractivity contribution in [2.45, 2.75) is 57.5 Å². The molecule has 1 aromatic heterocycles. The smallest absolute Gasteiger partial charge is 0.233 e. The molecule has 0 saturated carbocycles. The lowest BCUT2D eigenvalue weighted by Gasteiger charge is -2.40. The SMILES string of the molecule is CCC(=O)N1CCN(c2cc(Cl)nc(SCC(=O)N3CC(C)OC(C)C3)n2)CC1C. The highest BCUT2D eigenvalue weighted by Crippen LogP contribution is 2.25. The summed E-state index contributed by atoms with van der Waals surface area (Å²) in [5, 5.41) is 0.836. The number of amides is 2. The zero-order valence-electron chi connectivity index (χ0n) is 18.0. The first kappa shape index (κ1) is 23.1. The number of rotatable bonds is 5. The molecule has 2 aliphatic rings. The van der Waals surface area contributed by atoms with E-state index in [9.17, 15) is 9.59 Å². The minimum Gasteiger partial charge on any atom is -0.372 e. The number of piperazine rings is 1. The summed E-state index contributed by atoms with van der Waals surface area (Å²) in [5.74, 6) is 1.21. The fraction of sp³-hybridized carbons (Fsp3) is 0.700. The summed E-state index contributed by atoms with van der Waals surface area (Å²) in [7, 11) is 0. The average molecular weight is 456 g/mol. The van der Waals surface area contributed by atoms with Crippen molar-refractivity contribution in [2.75, 3.05) is 43.4 Å². The van der Waals surface area contributed by atoms with Crippen molar-refractivity contribution < 1.29 is 14.3 Å². The average Bonchev–Trinajstić information content (AvgIpc) is 2.70. The Balaban J connectivity index is 1.61. The monoisotopic (exact) mass is 455 g/mol. The number of aromatic nitrogens is 2. The molecule has 0 N–H and O–H groups in total. The van der Waals surface area contributed by atoms with Crippen LogP contribution < -0.4 is 4.90 Å². The van der Waals surface area contributed by atoms with Crippen LogP contribution in [0.15, 0.2) is 11.2 Å². The van der Waals surface area contributed by atoms with E-state index in [1.54, 1.807) is 6.07 Å². The Morgan fingerprint density at radius 1 is 1.13 bits per heavy atom. The lowest BCUT2D eigenvalue weighted by atomic mass is 10.1. The molecule has 0 aromatic carbocycles. The van der Waals surface area contributed by atoms with E-state index < -0.39 is 0 Å². The highest BCUT2D eigenvalue weighted by molar-refractivity contribution is 7.99. The van der Waals surface area contributed by atoms with Crippen molar-refractivity contribution in [1.82, 2.24) is 19.8 Å². The van der Waals surface area contributed by atoms with Crippen LogP contribution in [0.1, 0.15) is 34.1 Å². The molecule has 3 rings (SSSR count). The number of carbonyl (C=O) groups excluding carboxylic acids is 2. The molecule has 30 heavy (non-hydrogen) atoms. The Bertz CT molecular complexity index is 773. The van der Waals surface area contributed by atoms with Gasteiger partial charge in [-0.25, -0.2) is 9.97 Å². The Kier molecular flexibility index (Phi) is 7.81. The first-order valence-electron chi connectivity index (χ1n) is 10.4. The number of thioether (sulfide) groups is 1. The fourth-order valence-electron chi connectivity index (χ4n) is 3.95. The van der Waals surface area contributed by atoms with Gasteiger partial charge in [0.15, 0.2) is 5.16 Å². The third-order valence-corrected chi connectivity index (χ3v) is 6.36. The third-order valence-electron chi connectivity index (χ3n) is 5.33. The molecule has 3 heterocycles.